The highest BCUT2D eigenvalue weighted by atomic mass is 16.5. The predicted molar refractivity (Wildman–Crippen MR) is 112 cm³/mol. The molecule has 3 rings (SSSR count). The summed E-state index contributed by atoms with van der Waals surface area (Å²) in [5, 5.41) is 2.66. The van der Waals surface area contributed by atoms with Crippen LogP contribution in [0.2, 0.25) is 0 Å². The fraction of sp³-hybridized carbons (Fsp3) is 0.304. The third-order valence-corrected chi connectivity index (χ3v) is 4.91. The Morgan fingerprint density at radius 2 is 1.73 bits per heavy atom. The van der Waals surface area contributed by atoms with Gasteiger partial charge in [-0.3, -0.25) is 14.4 Å². The molecule has 30 heavy (non-hydrogen) atoms. The number of rotatable bonds is 7. The van der Waals surface area contributed by atoms with Gasteiger partial charge in [0.05, 0.1) is 22.4 Å². The molecule has 1 aliphatic heterocycles. The number of anilines is 1. The number of amides is 3. The molecule has 0 saturated heterocycles. The molecule has 1 aliphatic rings. The molecule has 0 aromatic heterocycles. The van der Waals surface area contributed by atoms with E-state index in [1.807, 2.05) is 32.9 Å². The number of esters is 1. The van der Waals surface area contributed by atoms with Crippen molar-refractivity contribution >= 4 is 29.4 Å². The Hall–Kier alpha value is -3.48. The number of carbonyl (C=O) groups excluding carboxylic acids is 4. The first-order valence-corrected chi connectivity index (χ1v) is 9.87. The zero-order chi connectivity index (χ0) is 21.8. The minimum atomic E-state index is -0.728. The molecule has 156 valence electrons. The van der Waals surface area contributed by atoms with Crippen LogP contribution in [-0.2, 0) is 9.53 Å². The molecule has 2 aromatic rings. The van der Waals surface area contributed by atoms with Gasteiger partial charge in [-0.2, -0.15) is 0 Å². The smallest absolute Gasteiger partial charge is 0.338 e. The van der Waals surface area contributed by atoms with Gasteiger partial charge in [-0.05, 0) is 55.7 Å². The fourth-order valence-electron chi connectivity index (χ4n) is 3.22. The van der Waals surface area contributed by atoms with Crippen molar-refractivity contribution < 1.29 is 23.9 Å². The van der Waals surface area contributed by atoms with Gasteiger partial charge in [0.2, 0.25) is 0 Å². The number of nitrogens with zero attached hydrogens (tertiary/aromatic N) is 1. The van der Waals surface area contributed by atoms with E-state index in [1.54, 1.807) is 6.07 Å². The number of ether oxygens (including phenoxy) is 1. The van der Waals surface area contributed by atoms with Crippen LogP contribution in [0.1, 0.15) is 62.0 Å². The zero-order valence-electron chi connectivity index (χ0n) is 17.3. The van der Waals surface area contributed by atoms with Gasteiger partial charge in [0, 0.05) is 6.54 Å². The number of carbonyl (C=O) groups is 4. The average molecular weight is 408 g/mol. The summed E-state index contributed by atoms with van der Waals surface area (Å²) in [6, 6.07) is 9.75. The second kappa shape index (κ2) is 8.90. The number of imide groups is 1. The van der Waals surface area contributed by atoms with Gasteiger partial charge in [0.15, 0.2) is 6.61 Å². The van der Waals surface area contributed by atoms with Gasteiger partial charge < -0.3 is 10.1 Å². The van der Waals surface area contributed by atoms with Crippen LogP contribution in [0.5, 0.6) is 0 Å². The first kappa shape index (κ1) is 21.2. The quantitative estimate of drug-likeness (QED) is 0.432. The maximum Gasteiger partial charge on any atom is 0.338 e. The largest absolute Gasteiger partial charge is 0.452 e. The van der Waals surface area contributed by atoms with Crippen molar-refractivity contribution in [1.82, 2.24) is 5.32 Å². The molecule has 0 saturated carbocycles. The molecule has 0 atom stereocenters. The Morgan fingerprint density at radius 3 is 2.47 bits per heavy atom. The Balaban J connectivity index is 1.76. The van der Waals surface area contributed by atoms with Gasteiger partial charge in [-0.25, -0.2) is 9.69 Å². The highest BCUT2D eigenvalue weighted by molar-refractivity contribution is 6.35. The van der Waals surface area contributed by atoms with Crippen LogP contribution in [0.3, 0.4) is 0 Å². The Bertz CT molecular complexity index is 1030. The second-order valence-electron chi connectivity index (χ2n) is 7.28. The molecule has 7 nitrogen and oxygen atoms in total. The molecule has 0 radical (unpaired) electrons. The lowest BCUT2D eigenvalue weighted by Crippen LogP contribution is -2.30. The minimum absolute atomic E-state index is 0.110. The summed E-state index contributed by atoms with van der Waals surface area (Å²) in [4.78, 5) is 50.9. The molecule has 0 aliphatic carbocycles. The summed E-state index contributed by atoms with van der Waals surface area (Å²) >= 11 is 0. The third-order valence-electron chi connectivity index (χ3n) is 4.91. The monoisotopic (exact) mass is 408 g/mol. The molecule has 0 spiro atoms. The summed E-state index contributed by atoms with van der Waals surface area (Å²) < 4.78 is 5.03. The van der Waals surface area contributed by atoms with E-state index >= 15 is 0 Å². The number of hydrogen-bond donors (Lipinski definition) is 1. The number of unbranched alkanes of at least 4 members (excludes halogenated alkanes) is 1. The number of benzene rings is 2. The fourth-order valence-corrected chi connectivity index (χ4v) is 3.22. The topological polar surface area (TPSA) is 92.8 Å². The Kier molecular flexibility index (Phi) is 6.30. The van der Waals surface area contributed by atoms with E-state index in [2.05, 4.69) is 5.32 Å². The van der Waals surface area contributed by atoms with Gasteiger partial charge in [0.1, 0.15) is 0 Å². The summed E-state index contributed by atoms with van der Waals surface area (Å²) in [5.41, 5.74) is 2.73. The average Bonchev–Trinajstić information content (AvgIpc) is 2.98. The van der Waals surface area contributed by atoms with Crippen molar-refractivity contribution in [1.29, 1.82) is 0 Å². The van der Waals surface area contributed by atoms with Crippen LogP contribution in [0.4, 0.5) is 5.69 Å². The van der Waals surface area contributed by atoms with E-state index in [0.29, 0.717) is 12.2 Å². The lowest BCUT2D eigenvalue weighted by Gasteiger charge is -2.17. The van der Waals surface area contributed by atoms with Gasteiger partial charge >= 0.3 is 5.97 Å². The maximum atomic E-state index is 12.9. The molecule has 2 aromatic carbocycles. The molecule has 0 fully saturated rings. The summed E-state index contributed by atoms with van der Waals surface area (Å²) in [6.07, 6.45) is 1.79. The van der Waals surface area contributed by atoms with Gasteiger partial charge in [-0.15, -0.1) is 0 Å². The Morgan fingerprint density at radius 1 is 1.00 bits per heavy atom. The molecule has 1 heterocycles. The van der Waals surface area contributed by atoms with E-state index in [0.717, 1.165) is 28.9 Å². The van der Waals surface area contributed by atoms with Crippen molar-refractivity contribution in [3.05, 3.63) is 64.2 Å². The van der Waals surface area contributed by atoms with Crippen molar-refractivity contribution in [2.75, 3.05) is 18.1 Å². The first-order chi connectivity index (χ1) is 14.3. The highest BCUT2D eigenvalue weighted by Crippen LogP contribution is 2.31. The molecule has 3 amide bonds. The van der Waals surface area contributed by atoms with E-state index < -0.39 is 24.4 Å². The molecular weight excluding hydrogens is 384 g/mol. The van der Waals surface area contributed by atoms with E-state index in [9.17, 15) is 19.2 Å². The number of fused-ring (bicyclic) bond motifs is 1. The van der Waals surface area contributed by atoms with Crippen molar-refractivity contribution in [3.8, 4) is 0 Å². The van der Waals surface area contributed by atoms with Gasteiger partial charge in [-0.1, -0.05) is 25.5 Å². The minimum Gasteiger partial charge on any atom is -0.452 e. The van der Waals surface area contributed by atoms with Crippen LogP contribution in [0.25, 0.3) is 0 Å². The molecule has 7 heteroatoms. The second-order valence-corrected chi connectivity index (χ2v) is 7.28. The molecule has 0 bridgehead atoms. The third kappa shape index (κ3) is 4.25. The lowest BCUT2D eigenvalue weighted by molar-refractivity contribution is -0.124. The number of aryl methyl sites for hydroxylation is 2. The van der Waals surface area contributed by atoms with Crippen molar-refractivity contribution in [2.45, 2.75) is 33.6 Å². The van der Waals surface area contributed by atoms with Crippen LogP contribution >= 0.6 is 0 Å². The van der Waals surface area contributed by atoms with Crippen molar-refractivity contribution in [3.63, 3.8) is 0 Å². The summed E-state index contributed by atoms with van der Waals surface area (Å²) in [5.74, 6) is -2.03. The molecular formula is C23H24N2O5. The summed E-state index contributed by atoms with van der Waals surface area (Å²) in [7, 11) is 0. The lowest BCUT2D eigenvalue weighted by atomic mass is 10.1. The van der Waals surface area contributed by atoms with Gasteiger partial charge in [0.25, 0.3) is 17.7 Å². The Labute approximate surface area is 175 Å². The van der Waals surface area contributed by atoms with Crippen LogP contribution in [0.15, 0.2) is 36.4 Å². The number of nitrogens with one attached hydrogen (secondary N) is 1. The summed E-state index contributed by atoms with van der Waals surface area (Å²) in [6.45, 7) is 5.84. The highest BCUT2D eigenvalue weighted by Gasteiger charge is 2.38. The predicted octanol–water partition coefficient (Wildman–Crippen LogP) is 3.18. The van der Waals surface area contributed by atoms with Crippen LogP contribution in [0, 0.1) is 13.8 Å². The zero-order valence-corrected chi connectivity index (χ0v) is 17.3. The maximum absolute atomic E-state index is 12.9. The van der Waals surface area contributed by atoms with E-state index in [1.165, 1.54) is 18.2 Å². The standard InChI is InChI=1S/C23H24N2O5/c1-4-5-10-24-20(26)13-30-23(29)16-8-9-17-18(12-16)22(28)25(21(17)27)19-11-14(2)6-7-15(19)3/h6-9,11-12H,4-5,10,13H2,1-3H3,(H,24,26). The number of hydrogen-bond acceptors (Lipinski definition) is 5. The van der Waals surface area contributed by atoms with Crippen LogP contribution in [-0.4, -0.2) is 36.8 Å². The van der Waals surface area contributed by atoms with E-state index in [4.69, 9.17) is 4.74 Å². The molecule has 0 unspecified atom stereocenters. The SMILES string of the molecule is CCCCNC(=O)COC(=O)c1ccc2c(c1)C(=O)N(c1cc(C)ccc1C)C2=O. The molecule has 1 N–H and O–H groups in total. The first-order valence-electron chi connectivity index (χ1n) is 9.87. The van der Waals surface area contributed by atoms with E-state index in [-0.39, 0.29) is 22.6 Å². The normalized spacial score (nSPS) is 12.7. The van der Waals surface area contributed by atoms with Crippen LogP contribution < -0.4 is 10.2 Å². The van der Waals surface area contributed by atoms with Crippen molar-refractivity contribution in [2.24, 2.45) is 0 Å².